The Morgan fingerprint density at radius 1 is 1.17 bits per heavy atom. The molecule has 2 aromatic rings. The zero-order valence-corrected chi connectivity index (χ0v) is 14.7. The number of hydrogen-bond acceptors (Lipinski definition) is 3. The summed E-state index contributed by atoms with van der Waals surface area (Å²) in [6.07, 6.45) is 0. The molecule has 126 valence electrons. The van der Waals surface area contributed by atoms with E-state index in [2.05, 4.69) is 9.71 Å². The zero-order valence-electron chi connectivity index (χ0n) is 13.2. The van der Waals surface area contributed by atoms with E-state index in [0.29, 0.717) is 11.1 Å². The van der Waals surface area contributed by atoms with Crippen LogP contribution in [0.5, 0.6) is 0 Å². The molecule has 0 unspecified atom stereocenters. The van der Waals surface area contributed by atoms with Gasteiger partial charge in [0.1, 0.15) is 11.7 Å². The molecule has 1 N–H and O–H groups in total. The fraction of sp³-hybridized carbons (Fsp3) is 0.235. The second-order valence-corrected chi connectivity index (χ2v) is 8.31. The fourth-order valence-electron chi connectivity index (χ4n) is 2.64. The molecule has 0 radical (unpaired) electrons. The first-order valence-electron chi connectivity index (χ1n) is 7.33. The Kier molecular flexibility index (Phi) is 4.13. The monoisotopic (exact) mass is 366 g/mol. The maximum Gasteiger partial charge on any atom is 0.263 e. The highest BCUT2D eigenvalue weighted by molar-refractivity contribution is 7.90. The van der Waals surface area contributed by atoms with Gasteiger partial charge in [0.25, 0.3) is 10.0 Å². The molecule has 1 aliphatic rings. The van der Waals surface area contributed by atoms with Crippen molar-refractivity contribution in [3.8, 4) is 0 Å². The number of aliphatic imine (C=N–C) groups is 1. The van der Waals surface area contributed by atoms with E-state index in [1.807, 2.05) is 13.8 Å². The number of nitrogens with one attached hydrogen (secondary N) is 1. The molecule has 0 saturated heterocycles. The van der Waals surface area contributed by atoms with Gasteiger partial charge in [0.15, 0.2) is 0 Å². The predicted molar refractivity (Wildman–Crippen MR) is 92.6 cm³/mol. The van der Waals surface area contributed by atoms with Crippen LogP contribution < -0.4 is 4.72 Å². The molecular formula is C17H16ClFN2O2S. The summed E-state index contributed by atoms with van der Waals surface area (Å²) in [4.78, 5) is 4.60. The van der Waals surface area contributed by atoms with Crippen molar-refractivity contribution < 1.29 is 12.8 Å². The molecule has 0 spiro atoms. The number of halogens is 2. The van der Waals surface area contributed by atoms with Gasteiger partial charge in [-0.1, -0.05) is 49.7 Å². The van der Waals surface area contributed by atoms with Gasteiger partial charge in [-0.25, -0.2) is 12.8 Å². The normalized spacial score (nSPS) is 17.6. The average Bonchev–Trinajstić information content (AvgIpc) is 2.79. The number of rotatable bonds is 3. The SMILES string of the molecule is CC(C)(CN=C1NS(=O)(=O)c2ccccc21)c1cccc(Cl)c1F. The molecule has 0 aliphatic carbocycles. The molecule has 1 heterocycles. The zero-order chi connectivity index (χ0) is 17.5. The van der Waals surface area contributed by atoms with E-state index in [9.17, 15) is 12.8 Å². The van der Waals surface area contributed by atoms with Gasteiger partial charge < -0.3 is 0 Å². The molecule has 24 heavy (non-hydrogen) atoms. The molecule has 0 atom stereocenters. The van der Waals surface area contributed by atoms with Crippen LogP contribution in [-0.4, -0.2) is 20.8 Å². The third kappa shape index (κ3) is 2.91. The van der Waals surface area contributed by atoms with Crippen molar-refractivity contribution in [2.75, 3.05) is 6.54 Å². The maximum atomic E-state index is 14.3. The summed E-state index contributed by atoms with van der Waals surface area (Å²) in [5.74, 6) is -0.196. The highest BCUT2D eigenvalue weighted by atomic mass is 35.5. The van der Waals surface area contributed by atoms with Crippen LogP contribution in [0.1, 0.15) is 25.0 Å². The predicted octanol–water partition coefficient (Wildman–Crippen LogP) is 3.50. The third-order valence-electron chi connectivity index (χ3n) is 3.98. The Balaban J connectivity index is 1.95. The van der Waals surface area contributed by atoms with E-state index in [0.717, 1.165) is 0 Å². The average molecular weight is 367 g/mol. The molecule has 2 aromatic carbocycles. The molecule has 0 saturated carbocycles. The van der Waals surface area contributed by atoms with Crippen LogP contribution in [0.3, 0.4) is 0 Å². The summed E-state index contributed by atoms with van der Waals surface area (Å²) < 4.78 is 40.9. The van der Waals surface area contributed by atoms with Gasteiger partial charge >= 0.3 is 0 Å². The maximum absolute atomic E-state index is 14.3. The van der Waals surface area contributed by atoms with Crippen LogP contribution in [-0.2, 0) is 15.4 Å². The van der Waals surface area contributed by atoms with Crippen LogP contribution in [0.15, 0.2) is 52.4 Å². The molecule has 7 heteroatoms. The lowest BCUT2D eigenvalue weighted by Crippen LogP contribution is -2.27. The van der Waals surface area contributed by atoms with Crippen molar-refractivity contribution in [1.82, 2.24) is 4.72 Å². The van der Waals surface area contributed by atoms with E-state index in [1.165, 1.54) is 12.1 Å². The van der Waals surface area contributed by atoms with Gasteiger partial charge in [0.2, 0.25) is 0 Å². The first-order valence-corrected chi connectivity index (χ1v) is 9.20. The third-order valence-corrected chi connectivity index (χ3v) is 5.66. The van der Waals surface area contributed by atoms with Gasteiger partial charge in [-0.15, -0.1) is 0 Å². The molecule has 1 aliphatic heterocycles. The summed E-state index contributed by atoms with van der Waals surface area (Å²) in [5, 5.41) is 0.0557. The Hall–Kier alpha value is -1.92. The van der Waals surface area contributed by atoms with E-state index in [1.54, 1.807) is 30.3 Å². The first kappa shape index (κ1) is 16.9. The summed E-state index contributed by atoms with van der Waals surface area (Å²) in [5.41, 5.74) is 0.318. The van der Waals surface area contributed by atoms with E-state index >= 15 is 0 Å². The highest BCUT2D eigenvalue weighted by Gasteiger charge is 2.31. The highest BCUT2D eigenvalue weighted by Crippen LogP contribution is 2.30. The lowest BCUT2D eigenvalue weighted by Gasteiger charge is -2.24. The van der Waals surface area contributed by atoms with Crippen molar-refractivity contribution in [3.63, 3.8) is 0 Å². The van der Waals surface area contributed by atoms with Crippen molar-refractivity contribution in [1.29, 1.82) is 0 Å². The molecular weight excluding hydrogens is 351 g/mol. The van der Waals surface area contributed by atoms with E-state index in [-0.39, 0.29) is 22.3 Å². The van der Waals surface area contributed by atoms with Crippen molar-refractivity contribution >= 4 is 27.5 Å². The number of nitrogens with zero attached hydrogens (tertiary/aromatic N) is 1. The lowest BCUT2D eigenvalue weighted by molar-refractivity contribution is 0.494. The minimum atomic E-state index is -3.58. The standard InChI is InChI=1S/C17H16ClFN2O2S/c1-17(2,12-7-5-8-13(18)15(12)19)10-20-16-11-6-3-4-9-14(11)24(22,23)21-16/h3-9H,10H2,1-2H3,(H,20,21). The molecule has 4 nitrogen and oxygen atoms in total. The Labute approximate surface area is 145 Å². The van der Waals surface area contributed by atoms with Crippen LogP contribution in [0.25, 0.3) is 0 Å². The minimum Gasteiger partial charge on any atom is -0.266 e. The van der Waals surface area contributed by atoms with Gasteiger partial charge in [-0.2, -0.15) is 0 Å². The van der Waals surface area contributed by atoms with Crippen LogP contribution in [0.4, 0.5) is 4.39 Å². The number of amidine groups is 1. The van der Waals surface area contributed by atoms with E-state index < -0.39 is 21.3 Å². The van der Waals surface area contributed by atoms with Crippen molar-refractivity contribution in [2.45, 2.75) is 24.2 Å². The fourth-order valence-corrected chi connectivity index (χ4v) is 4.07. The van der Waals surface area contributed by atoms with Crippen LogP contribution >= 0.6 is 11.6 Å². The summed E-state index contributed by atoms with van der Waals surface area (Å²) in [6.45, 7) is 3.87. The van der Waals surface area contributed by atoms with Gasteiger partial charge in [0, 0.05) is 11.0 Å². The molecule has 0 amide bonds. The minimum absolute atomic E-state index is 0.0557. The Bertz CT molecular complexity index is 939. The molecule has 0 aromatic heterocycles. The Morgan fingerprint density at radius 2 is 1.88 bits per heavy atom. The van der Waals surface area contributed by atoms with Crippen molar-refractivity contribution in [3.05, 3.63) is 64.4 Å². The number of hydrogen-bond donors (Lipinski definition) is 1. The molecule has 0 bridgehead atoms. The summed E-state index contributed by atoms with van der Waals surface area (Å²) in [6, 6.07) is 11.5. The lowest BCUT2D eigenvalue weighted by atomic mass is 9.84. The quantitative estimate of drug-likeness (QED) is 0.903. The van der Waals surface area contributed by atoms with E-state index in [4.69, 9.17) is 11.6 Å². The smallest absolute Gasteiger partial charge is 0.263 e. The molecule has 3 rings (SSSR count). The summed E-state index contributed by atoms with van der Waals surface area (Å²) in [7, 11) is -3.58. The van der Waals surface area contributed by atoms with Crippen LogP contribution in [0.2, 0.25) is 5.02 Å². The Morgan fingerprint density at radius 3 is 2.62 bits per heavy atom. The number of sulfonamides is 1. The second-order valence-electron chi connectivity index (χ2n) is 6.25. The number of fused-ring (bicyclic) bond motifs is 1. The van der Waals surface area contributed by atoms with Gasteiger partial charge in [0.05, 0.1) is 16.5 Å². The number of benzene rings is 2. The summed E-state index contributed by atoms with van der Waals surface area (Å²) >= 11 is 5.85. The topological polar surface area (TPSA) is 58.5 Å². The second kappa shape index (κ2) is 5.86. The van der Waals surface area contributed by atoms with Crippen molar-refractivity contribution in [2.24, 2.45) is 4.99 Å². The largest absolute Gasteiger partial charge is 0.266 e. The molecule has 0 fully saturated rings. The van der Waals surface area contributed by atoms with Gasteiger partial charge in [-0.05, 0) is 23.8 Å². The van der Waals surface area contributed by atoms with Crippen LogP contribution in [0, 0.1) is 5.82 Å². The van der Waals surface area contributed by atoms with Gasteiger partial charge in [-0.3, -0.25) is 9.71 Å². The first-order chi connectivity index (χ1) is 11.2.